The number of benzene rings is 3. The summed E-state index contributed by atoms with van der Waals surface area (Å²) in [5.74, 6) is -2.80. The minimum absolute atomic E-state index is 0.0371. The number of carbonyl (C=O) groups excluding carboxylic acids is 1. The molecule has 0 aliphatic rings. The van der Waals surface area contributed by atoms with E-state index >= 15 is 0 Å². The molecule has 3 aromatic carbocycles. The molecule has 3 rings (SSSR count). The van der Waals surface area contributed by atoms with Gasteiger partial charge < -0.3 is 15.2 Å². The van der Waals surface area contributed by atoms with Gasteiger partial charge in [-0.1, -0.05) is 35.9 Å². The number of hydrogen-bond donors (Lipinski definition) is 2. The number of aromatic carboxylic acids is 1. The summed E-state index contributed by atoms with van der Waals surface area (Å²) in [6.45, 7) is 1.59. The smallest absolute Gasteiger partial charge is 0.336 e. The van der Waals surface area contributed by atoms with Gasteiger partial charge in [0.2, 0.25) is 0 Å². The minimum atomic E-state index is -1.10. The molecule has 32 heavy (non-hydrogen) atoms. The van der Waals surface area contributed by atoms with Gasteiger partial charge in [-0.3, -0.25) is 4.79 Å². The van der Waals surface area contributed by atoms with Gasteiger partial charge in [-0.2, -0.15) is 0 Å². The third-order valence-electron chi connectivity index (χ3n) is 4.86. The van der Waals surface area contributed by atoms with Crippen LogP contribution in [0.2, 0.25) is 5.02 Å². The van der Waals surface area contributed by atoms with Crippen LogP contribution in [0.3, 0.4) is 0 Å². The number of halogens is 3. The summed E-state index contributed by atoms with van der Waals surface area (Å²) in [5.41, 5.74) is 0.528. The predicted molar refractivity (Wildman–Crippen MR) is 116 cm³/mol. The first kappa shape index (κ1) is 23.2. The van der Waals surface area contributed by atoms with Crippen LogP contribution in [0.4, 0.5) is 8.78 Å². The van der Waals surface area contributed by atoms with Crippen LogP contribution in [0.5, 0.6) is 5.75 Å². The van der Waals surface area contributed by atoms with Gasteiger partial charge in [0.15, 0.2) is 0 Å². The zero-order valence-electron chi connectivity index (χ0n) is 17.1. The molecule has 3 aromatic rings. The number of rotatable bonds is 8. The van der Waals surface area contributed by atoms with Gasteiger partial charge in [-0.25, -0.2) is 13.6 Å². The lowest BCUT2D eigenvalue weighted by molar-refractivity contribution is 0.0693. The van der Waals surface area contributed by atoms with E-state index in [4.69, 9.17) is 16.3 Å². The molecule has 0 aliphatic heterocycles. The SMILES string of the molecule is C[C@H](NC(=O)c1cc(Cl)ccc1OCCc1c(F)cccc1F)c1ccccc1C(=O)O. The highest BCUT2D eigenvalue weighted by atomic mass is 35.5. The average molecular weight is 460 g/mol. The molecule has 0 heterocycles. The summed E-state index contributed by atoms with van der Waals surface area (Å²) in [5, 5.41) is 12.4. The lowest BCUT2D eigenvalue weighted by Gasteiger charge is -2.18. The van der Waals surface area contributed by atoms with Crippen molar-refractivity contribution in [2.75, 3.05) is 6.61 Å². The largest absolute Gasteiger partial charge is 0.492 e. The van der Waals surface area contributed by atoms with E-state index in [1.165, 1.54) is 30.3 Å². The van der Waals surface area contributed by atoms with Gasteiger partial charge in [0, 0.05) is 17.0 Å². The van der Waals surface area contributed by atoms with Crippen LogP contribution < -0.4 is 10.1 Å². The lowest BCUT2D eigenvalue weighted by Crippen LogP contribution is -2.28. The Hall–Kier alpha value is -3.45. The van der Waals surface area contributed by atoms with Crippen molar-refractivity contribution in [3.63, 3.8) is 0 Å². The number of carbonyl (C=O) groups is 2. The fraction of sp³-hybridized carbons (Fsp3) is 0.167. The molecule has 0 spiro atoms. The number of ether oxygens (including phenoxy) is 1. The van der Waals surface area contributed by atoms with E-state index in [-0.39, 0.29) is 35.5 Å². The number of hydrogen-bond acceptors (Lipinski definition) is 3. The monoisotopic (exact) mass is 459 g/mol. The highest BCUT2D eigenvalue weighted by Gasteiger charge is 2.20. The van der Waals surface area contributed by atoms with E-state index in [0.29, 0.717) is 10.6 Å². The van der Waals surface area contributed by atoms with E-state index in [2.05, 4.69) is 5.32 Å². The molecule has 166 valence electrons. The standard InChI is InChI=1S/C24H20ClF2NO4/c1-14(16-5-2-3-6-17(16)24(30)31)28-23(29)19-13-15(25)9-10-22(19)32-12-11-18-20(26)7-4-8-21(18)27/h2-10,13-14H,11-12H2,1H3,(H,28,29)(H,30,31)/t14-/m0/s1. The van der Waals surface area contributed by atoms with E-state index in [1.54, 1.807) is 25.1 Å². The first-order valence-corrected chi connectivity index (χ1v) is 10.1. The fourth-order valence-corrected chi connectivity index (χ4v) is 3.43. The van der Waals surface area contributed by atoms with Crippen molar-refractivity contribution in [1.82, 2.24) is 5.32 Å². The van der Waals surface area contributed by atoms with Crippen LogP contribution >= 0.6 is 11.6 Å². The Labute approximate surface area is 188 Å². The van der Waals surface area contributed by atoms with Crippen LogP contribution in [-0.2, 0) is 6.42 Å². The van der Waals surface area contributed by atoms with Crippen molar-refractivity contribution in [3.8, 4) is 5.75 Å². The Morgan fingerprint density at radius 1 is 1.03 bits per heavy atom. The summed E-state index contributed by atoms with van der Waals surface area (Å²) in [7, 11) is 0. The number of carboxylic acids is 1. The summed E-state index contributed by atoms with van der Waals surface area (Å²) in [4.78, 5) is 24.4. The Morgan fingerprint density at radius 2 is 1.72 bits per heavy atom. The Bertz CT molecular complexity index is 1130. The van der Waals surface area contributed by atoms with Crippen LogP contribution in [0.25, 0.3) is 0 Å². The van der Waals surface area contributed by atoms with E-state index in [0.717, 1.165) is 12.1 Å². The second-order valence-electron chi connectivity index (χ2n) is 7.03. The van der Waals surface area contributed by atoms with Gasteiger partial charge in [-0.15, -0.1) is 0 Å². The van der Waals surface area contributed by atoms with Gasteiger partial charge in [0.1, 0.15) is 17.4 Å². The van der Waals surface area contributed by atoms with Gasteiger partial charge >= 0.3 is 5.97 Å². The minimum Gasteiger partial charge on any atom is -0.492 e. The third-order valence-corrected chi connectivity index (χ3v) is 5.10. The summed E-state index contributed by atoms with van der Waals surface area (Å²) < 4.78 is 33.3. The highest BCUT2D eigenvalue weighted by molar-refractivity contribution is 6.31. The number of carboxylic acid groups (broad SMARTS) is 1. The Kier molecular flexibility index (Phi) is 7.43. The van der Waals surface area contributed by atoms with Gasteiger partial charge in [0.25, 0.3) is 5.91 Å². The van der Waals surface area contributed by atoms with Crippen LogP contribution in [-0.4, -0.2) is 23.6 Å². The van der Waals surface area contributed by atoms with Crippen molar-refractivity contribution in [2.45, 2.75) is 19.4 Å². The maximum Gasteiger partial charge on any atom is 0.336 e. The van der Waals surface area contributed by atoms with E-state index in [9.17, 15) is 23.5 Å². The highest BCUT2D eigenvalue weighted by Crippen LogP contribution is 2.25. The van der Waals surface area contributed by atoms with Crippen molar-refractivity contribution in [3.05, 3.63) is 99.6 Å². The lowest BCUT2D eigenvalue weighted by atomic mass is 10.0. The first-order valence-electron chi connectivity index (χ1n) is 9.76. The molecule has 0 radical (unpaired) electrons. The Morgan fingerprint density at radius 3 is 2.41 bits per heavy atom. The molecular weight excluding hydrogens is 440 g/mol. The quantitative estimate of drug-likeness (QED) is 0.471. The summed E-state index contributed by atoms with van der Waals surface area (Å²) in [6.07, 6.45) is -0.0371. The first-order chi connectivity index (χ1) is 15.3. The number of amides is 1. The fourth-order valence-electron chi connectivity index (χ4n) is 3.26. The molecule has 2 N–H and O–H groups in total. The zero-order valence-corrected chi connectivity index (χ0v) is 17.8. The summed E-state index contributed by atoms with van der Waals surface area (Å²) >= 11 is 6.04. The van der Waals surface area contributed by atoms with Gasteiger partial charge in [0.05, 0.1) is 23.8 Å². The van der Waals surface area contributed by atoms with Crippen LogP contribution in [0.1, 0.15) is 44.8 Å². The maximum absolute atomic E-state index is 13.8. The molecule has 0 bridgehead atoms. The maximum atomic E-state index is 13.8. The molecule has 0 fully saturated rings. The predicted octanol–water partition coefficient (Wildman–Crippen LogP) is 5.43. The zero-order chi connectivity index (χ0) is 23.3. The van der Waals surface area contributed by atoms with Crippen LogP contribution in [0, 0.1) is 11.6 Å². The molecule has 1 amide bonds. The summed E-state index contributed by atoms with van der Waals surface area (Å²) in [6, 6.07) is 13.8. The molecule has 8 heteroatoms. The second kappa shape index (κ2) is 10.2. The molecule has 0 aliphatic carbocycles. The van der Waals surface area contributed by atoms with Gasteiger partial charge in [-0.05, 0) is 48.9 Å². The molecule has 5 nitrogen and oxygen atoms in total. The Balaban J connectivity index is 1.76. The third kappa shape index (κ3) is 5.42. The number of nitrogens with one attached hydrogen (secondary N) is 1. The van der Waals surface area contributed by atoms with E-state index < -0.39 is 29.6 Å². The van der Waals surface area contributed by atoms with Crippen molar-refractivity contribution in [2.24, 2.45) is 0 Å². The average Bonchev–Trinajstić information content (AvgIpc) is 2.76. The van der Waals surface area contributed by atoms with Crippen molar-refractivity contribution < 1.29 is 28.2 Å². The van der Waals surface area contributed by atoms with Crippen molar-refractivity contribution in [1.29, 1.82) is 0 Å². The molecule has 0 saturated heterocycles. The topological polar surface area (TPSA) is 75.6 Å². The van der Waals surface area contributed by atoms with Crippen LogP contribution in [0.15, 0.2) is 60.7 Å². The molecule has 0 unspecified atom stereocenters. The molecule has 0 saturated carbocycles. The molecule has 1 atom stereocenters. The molecular formula is C24H20ClF2NO4. The normalized spacial score (nSPS) is 11.6. The van der Waals surface area contributed by atoms with Crippen molar-refractivity contribution >= 4 is 23.5 Å². The molecule has 0 aromatic heterocycles. The van der Waals surface area contributed by atoms with E-state index in [1.807, 2.05) is 0 Å². The second-order valence-corrected chi connectivity index (χ2v) is 7.46.